The van der Waals surface area contributed by atoms with Crippen molar-refractivity contribution in [1.82, 2.24) is 5.32 Å². The van der Waals surface area contributed by atoms with E-state index in [1.165, 1.54) is 0 Å². The molecule has 0 saturated heterocycles. The van der Waals surface area contributed by atoms with E-state index in [4.69, 9.17) is 15.9 Å². The summed E-state index contributed by atoms with van der Waals surface area (Å²) in [5.74, 6) is -0.968. The zero-order valence-electron chi connectivity index (χ0n) is 11.0. The van der Waals surface area contributed by atoms with Crippen LogP contribution in [0.15, 0.2) is 0 Å². The molecule has 0 saturated carbocycles. The molecule has 0 fully saturated rings. The minimum absolute atomic E-state index is 0.0353. The van der Waals surface area contributed by atoms with Crippen LogP contribution >= 0.6 is 0 Å². The number of hydrogen-bond donors (Lipinski definition) is 7. The van der Waals surface area contributed by atoms with E-state index >= 15 is 0 Å². The minimum atomic E-state index is -1.73. The third-order valence-electron chi connectivity index (χ3n) is 2.66. The molecule has 0 bridgehead atoms. The molecule has 0 spiro atoms. The van der Waals surface area contributed by atoms with Crippen LogP contribution in [0.4, 0.5) is 0 Å². The van der Waals surface area contributed by atoms with Gasteiger partial charge in [-0.25, -0.2) is 0 Å². The smallest absolute Gasteiger partial charge is 0.220 e. The molecule has 8 N–H and O–H groups in total. The summed E-state index contributed by atoms with van der Waals surface area (Å²) in [5.41, 5.74) is 4.90. The molecular weight excluding hydrogens is 272 g/mol. The Bertz CT molecular complexity index is 313. The van der Waals surface area contributed by atoms with Gasteiger partial charge >= 0.3 is 0 Å². The fourth-order valence-corrected chi connectivity index (χ4v) is 1.41. The molecule has 4 atom stereocenters. The molecule has 0 radical (unpaired) electrons. The summed E-state index contributed by atoms with van der Waals surface area (Å²) in [7, 11) is 0. The van der Waals surface area contributed by atoms with Gasteiger partial charge < -0.3 is 36.6 Å². The van der Waals surface area contributed by atoms with Crippen molar-refractivity contribution in [2.45, 2.75) is 43.7 Å². The number of aliphatic hydroxyl groups excluding tert-OH is 5. The average Bonchev–Trinajstić information content (AvgIpc) is 2.41. The molecule has 0 aliphatic heterocycles. The number of primary amides is 1. The highest BCUT2D eigenvalue weighted by Crippen LogP contribution is 2.04. The lowest BCUT2D eigenvalue weighted by atomic mass is 10.0. The molecule has 20 heavy (non-hydrogen) atoms. The molecule has 118 valence electrons. The van der Waals surface area contributed by atoms with Crippen LogP contribution in [-0.4, -0.2) is 74.9 Å². The SMILES string of the molecule is NC(=O)CCCC(=O)NC[C@H](O)[C@@H](O)[C@H](O)[C@H](O)CO. The fraction of sp³-hybridized carbons (Fsp3) is 0.818. The van der Waals surface area contributed by atoms with Gasteiger partial charge in [0.05, 0.1) is 12.7 Å². The summed E-state index contributed by atoms with van der Waals surface area (Å²) in [6, 6.07) is 0. The maximum absolute atomic E-state index is 11.3. The van der Waals surface area contributed by atoms with Crippen molar-refractivity contribution in [2.24, 2.45) is 5.73 Å². The van der Waals surface area contributed by atoms with Crippen molar-refractivity contribution in [3.8, 4) is 0 Å². The first kappa shape index (κ1) is 18.7. The number of hydrogen-bond acceptors (Lipinski definition) is 7. The number of aliphatic hydroxyl groups is 5. The minimum Gasteiger partial charge on any atom is -0.394 e. The van der Waals surface area contributed by atoms with Crippen molar-refractivity contribution in [3.63, 3.8) is 0 Å². The zero-order chi connectivity index (χ0) is 15.7. The van der Waals surface area contributed by atoms with E-state index in [0.717, 1.165) is 0 Å². The third-order valence-corrected chi connectivity index (χ3v) is 2.66. The van der Waals surface area contributed by atoms with Crippen LogP contribution in [0.1, 0.15) is 19.3 Å². The Kier molecular flexibility index (Phi) is 9.01. The van der Waals surface area contributed by atoms with Crippen molar-refractivity contribution < 1.29 is 35.1 Å². The number of amides is 2. The topological polar surface area (TPSA) is 173 Å². The average molecular weight is 294 g/mol. The molecule has 0 aromatic carbocycles. The Morgan fingerprint density at radius 3 is 2.05 bits per heavy atom. The molecule has 9 heteroatoms. The first-order valence-electron chi connectivity index (χ1n) is 6.17. The second-order valence-electron chi connectivity index (χ2n) is 4.42. The van der Waals surface area contributed by atoms with Gasteiger partial charge in [0.15, 0.2) is 0 Å². The molecule has 0 aromatic heterocycles. The number of nitrogens with one attached hydrogen (secondary N) is 1. The lowest BCUT2D eigenvalue weighted by Crippen LogP contribution is -2.49. The first-order valence-corrected chi connectivity index (χ1v) is 6.17. The van der Waals surface area contributed by atoms with Crippen molar-refractivity contribution in [1.29, 1.82) is 0 Å². The lowest BCUT2D eigenvalue weighted by molar-refractivity contribution is -0.126. The van der Waals surface area contributed by atoms with Gasteiger partial charge in [0.1, 0.15) is 18.3 Å². The molecule has 0 heterocycles. The van der Waals surface area contributed by atoms with Gasteiger partial charge in [-0.3, -0.25) is 9.59 Å². The Morgan fingerprint density at radius 2 is 1.55 bits per heavy atom. The molecule has 0 unspecified atom stereocenters. The Hall–Kier alpha value is -1.26. The van der Waals surface area contributed by atoms with Gasteiger partial charge in [0.2, 0.25) is 11.8 Å². The van der Waals surface area contributed by atoms with E-state index in [9.17, 15) is 24.9 Å². The van der Waals surface area contributed by atoms with Gasteiger partial charge in [0, 0.05) is 19.4 Å². The fourth-order valence-electron chi connectivity index (χ4n) is 1.41. The molecule has 9 nitrogen and oxygen atoms in total. The highest BCUT2D eigenvalue weighted by Gasteiger charge is 2.29. The Labute approximate surface area is 116 Å². The van der Waals surface area contributed by atoms with Crippen LogP contribution in [-0.2, 0) is 9.59 Å². The second-order valence-corrected chi connectivity index (χ2v) is 4.42. The molecular formula is C11H22N2O7. The standard InChI is InChI=1S/C11H22N2O7/c12-8(17)2-1-3-9(18)13-4-6(15)10(19)11(20)7(16)5-14/h6-7,10-11,14-16,19-20H,1-5H2,(H2,12,17)(H,13,18)/t6-,7+,10+,11+/m0/s1. The van der Waals surface area contributed by atoms with Gasteiger partial charge in [-0.1, -0.05) is 0 Å². The van der Waals surface area contributed by atoms with Gasteiger partial charge in [-0.2, -0.15) is 0 Å². The Balaban J connectivity index is 3.99. The number of carbonyl (C=O) groups excluding carboxylic acids is 2. The first-order chi connectivity index (χ1) is 9.29. The summed E-state index contributed by atoms with van der Waals surface area (Å²) in [6.45, 7) is -1.11. The quantitative estimate of drug-likeness (QED) is 0.216. The highest BCUT2D eigenvalue weighted by molar-refractivity contribution is 5.77. The van der Waals surface area contributed by atoms with E-state index in [-0.39, 0.29) is 25.8 Å². The van der Waals surface area contributed by atoms with Gasteiger partial charge in [0.25, 0.3) is 0 Å². The largest absolute Gasteiger partial charge is 0.394 e. The van der Waals surface area contributed by atoms with E-state index in [1.54, 1.807) is 0 Å². The maximum Gasteiger partial charge on any atom is 0.220 e. The summed E-state index contributed by atoms with van der Waals surface area (Å²) in [5, 5.41) is 48.3. The van der Waals surface area contributed by atoms with E-state index in [2.05, 4.69) is 5.32 Å². The molecule has 2 amide bonds. The van der Waals surface area contributed by atoms with E-state index < -0.39 is 42.8 Å². The summed E-state index contributed by atoms with van der Waals surface area (Å²) >= 11 is 0. The molecule has 0 aliphatic rings. The van der Waals surface area contributed by atoms with Crippen LogP contribution in [0.3, 0.4) is 0 Å². The van der Waals surface area contributed by atoms with Crippen LogP contribution in [0.2, 0.25) is 0 Å². The Morgan fingerprint density at radius 1 is 1.00 bits per heavy atom. The summed E-state index contributed by atoms with van der Waals surface area (Å²) in [4.78, 5) is 21.8. The molecule has 0 rings (SSSR count). The van der Waals surface area contributed by atoms with Crippen molar-refractivity contribution >= 4 is 11.8 Å². The van der Waals surface area contributed by atoms with Crippen LogP contribution in [0, 0.1) is 0 Å². The maximum atomic E-state index is 11.3. The van der Waals surface area contributed by atoms with E-state index in [0.29, 0.717) is 0 Å². The van der Waals surface area contributed by atoms with Gasteiger partial charge in [-0.05, 0) is 6.42 Å². The monoisotopic (exact) mass is 294 g/mol. The predicted octanol–water partition coefficient (Wildman–Crippen LogP) is -3.81. The molecule has 0 aliphatic carbocycles. The number of carbonyl (C=O) groups is 2. The highest BCUT2D eigenvalue weighted by atomic mass is 16.4. The van der Waals surface area contributed by atoms with Crippen molar-refractivity contribution in [2.75, 3.05) is 13.2 Å². The number of rotatable bonds is 10. The second kappa shape index (κ2) is 9.61. The number of nitrogens with two attached hydrogens (primary N) is 1. The van der Waals surface area contributed by atoms with Crippen LogP contribution in [0.5, 0.6) is 0 Å². The summed E-state index contributed by atoms with van der Waals surface area (Å²) in [6.07, 6.45) is -6.18. The third kappa shape index (κ3) is 7.36. The van der Waals surface area contributed by atoms with Crippen molar-refractivity contribution in [3.05, 3.63) is 0 Å². The summed E-state index contributed by atoms with van der Waals surface area (Å²) < 4.78 is 0. The normalized spacial score (nSPS) is 17.1. The lowest BCUT2D eigenvalue weighted by Gasteiger charge is -2.25. The van der Waals surface area contributed by atoms with Crippen LogP contribution in [0.25, 0.3) is 0 Å². The van der Waals surface area contributed by atoms with E-state index in [1.807, 2.05) is 0 Å². The van der Waals surface area contributed by atoms with Crippen LogP contribution < -0.4 is 11.1 Å². The molecule has 0 aromatic rings. The predicted molar refractivity (Wildman–Crippen MR) is 67.2 cm³/mol. The van der Waals surface area contributed by atoms with Gasteiger partial charge in [-0.15, -0.1) is 0 Å². The zero-order valence-corrected chi connectivity index (χ0v) is 11.0.